The molecule has 4 rings (SSSR count). The van der Waals surface area contributed by atoms with Crippen molar-refractivity contribution >= 4 is 29.3 Å². The minimum atomic E-state index is -1.21. The van der Waals surface area contributed by atoms with Crippen molar-refractivity contribution in [3.05, 3.63) is 58.0 Å². The predicted octanol–water partition coefficient (Wildman–Crippen LogP) is 4.23. The Balaban J connectivity index is 1.17. The predicted molar refractivity (Wildman–Crippen MR) is 127 cm³/mol. The van der Waals surface area contributed by atoms with Gasteiger partial charge in [0, 0.05) is 25.3 Å². The molecule has 0 unspecified atom stereocenters. The van der Waals surface area contributed by atoms with E-state index in [1.54, 1.807) is 0 Å². The summed E-state index contributed by atoms with van der Waals surface area (Å²) < 4.78 is 19.7. The zero-order valence-corrected chi connectivity index (χ0v) is 19.6. The molecule has 2 aromatic rings. The van der Waals surface area contributed by atoms with Crippen molar-refractivity contribution in [2.24, 2.45) is 5.92 Å². The number of amides is 1. The summed E-state index contributed by atoms with van der Waals surface area (Å²) in [5, 5.41) is 15.1. The first-order valence-corrected chi connectivity index (χ1v) is 12.1. The van der Waals surface area contributed by atoms with Crippen molar-refractivity contribution in [3.8, 4) is 0 Å². The SMILES string of the molecule is O=C(N[C@@H](CCOC1CC(CCc2ccc3c(n2)NCCC3)C1)C(=O)O)c1c(F)cccc1Cl. The number of aromatic nitrogens is 1. The van der Waals surface area contributed by atoms with E-state index in [2.05, 4.69) is 22.8 Å². The highest BCUT2D eigenvalue weighted by atomic mass is 35.5. The molecule has 2 aliphatic rings. The molecule has 2 heterocycles. The lowest BCUT2D eigenvalue weighted by Gasteiger charge is -2.35. The lowest BCUT2D eigenvalue weighted by atomic mass is 9.79. The first-order valence-electron chi connectivity index (χ1n) is 11.7. The van der Waals surface area contributed by atoms with Gasteiger partial charge in [0.2, 0.25) is 0 Å². The fourth-order valence-corrected chi connectivity index (χ4v) is 4.71. The van der Waals surface area contributed by atoms with Crippen LogP contribution in [0.15, 0.2) is 30.3 Å². The molecule has 1 atom stereocenters. The molecule has 1 saturated carbocycles. The number of carboxylic acid groups (broad SMARTS) is 1. The van der Waals surface area contributed by atoms with Crippen LogP contribution in [0.1, 0.15) is 53.7 Å². The Hall–Kier alpha value is -2.71. The maximum Gasteiger partial charge on any atom is 0.326 e. The number of halogens is 2. The summed E-state index contributed by atoms with van der Waals surface area (Å²) in [4.78, 5) is 28.6. The van der Waals surface area contributed by atoms with Crippen LogP contribution < -0.4 is 10.6 Å². The molecule has 9 heteroatoms. The van der Waals surface area contributed by atoms with Gasteiger partial charge in [0.05, 0.1) is 16.7 Å². The van der Waals surface area contributed by atoms with Crippen LogP contribution in [-0.4, -0.2) is 47.3 Å². The number of hydrogen-bond acceptors (Lipinski definition) is 5. The van der Waals surface area contributed by atoms with Crippen molar-refractivity contribution < 1.29 is 23.8 Å². The van der Waals surface area contributed by atoms with E-state index < -0.39 is 23.7 Å². The number of carboxylic acids is 1. The minimum absolute atomic E-state index is 0.0692. The molecule has 34 heavy (non-hydrogen) atoms. The van der Waals surface area contributed by atoms with Crippen molar-refractivity contribution in [2.75, 3.05) is 18.5 Å². The Morgan fingerprint density at radius 3 is 2.88 bits per heavy atom. The Bertz CT molecular complexity index is 1020. The van der Waals surface area contributed by atoms with E-state index in [4.69, 9.17) is 21.3 Å². The van der Waals surface area contributed by atoms with E-state index in [0.717, 1.165) is 62.6 Å². The largest absolute Gasteiger partial charge is 0.480 e. The fraction of sp³-hybridized carbons (Fsp3) is 0.480. The minimum Gasteiger partial charge on any atom is -0.480 e. The zero-order valence-electron chi connectivity index (χ0n) is 18.9. The molecular weight excluding hydrogens is 461 g/mol. The monoisotopic (exact) mass is 489 g/mol. The van der Waals surface area contributed by atoms with Gasteiger partial charge in [0.15, 0.2) is 0 Å². The molecule has 0 radical (unpaired) electrons. The summed E-state index contributed by atoms with van der Waals surface area (Å²) in [6.45, 7) is 1.17. The summed E-state index contributed by atoms with van der Waals surface area (Å²) in [7, 11) is 0. The highest BCUT2D eigenvalue weighted by molar-refractivity contribution is 6.33. The number of nitrogens with one attached hydrogen (secondary N) is 2. The third-order valence-corrected chi connectivity index (χ3v) is 6.82. The Labute approximate surface area is 203 Å². The van der Waals surface area contributed by atoms with Gasteiger partial charge in [-0.1, -0.05) is 23.7 Å². The number of carbonyl (C=O) groups is 2. The molecule has 1 amide bonds. The van der Waals surface area contributed by atoms with Gasteiger partial charge in [-0.25, -0.2) is 14.2 Å². The van der Waals surface area contributed by atoms with Crippen molar-refractivity contribution in [1.29, 1.82) is 0 Å². The molecular formula is C25H29ClFN3O4. The van der Waals surface area contributed by atoms with Gasteiger partial charge in [0.25, 0.3) is 5.91 Å². The van der Waals surface area contributed by atoms with Crippen molar-refractivity contribution in [3.63, 3.8) is 0 Å². The fourth-order valence-electron chi connectivity index (χ4n) is 4.46. The molecule has 1 fully saturated rings. The number of benzene rings is 1. The quantitative estimate of drug-likeness (QED) is 0.461. The van der Waals surface area contributed by atoms with Crippen LogP contribution in [-0.2, 0) is 22.4 Å². The zero-order chi connectivity index (χ0) is 24.1. The van der Waals surface area contributed by atoms with Crippen molar-refractivity contribution in [2.45, 2.75) is 57.1 Å². The number of nitrogens with zero attached hydrogens (tertiary/aromatic N) is 1. The van der Waals surface area contributed by atoms with Crippen LogP contribution in [0.4, 0.5) is 10.2 Å². The number of anilines is 1. The molecule has 1 aromatic carbocycles. The van der Waals surface area contributed by atoms with E-state index in [0.29, 0.717) is 5.92 Å². The average Bonchev–Trinajstić information content (AvgIpc) is 2.78. The summed E-state index contributed by atoms with van der Waals surface area (Å²) in [6, 6.07) is 6.96. The van der Waals surface area contributed by atoms with Gasteiger partial charge in [0.1, 0.15) is 17.7 Å². The second-order valence-electron chi connectivity index (χ2n) is 8.96. The molecule has 182 valence electrons. The molecule has 0 bridgehead atoms. The van der Waals surface area contributed by atoms with Gasteiger partial charge in [-0.05, 0) is 68.2 Å². The summed E-state index contributed by atoms with van der Waals surface area (Å²) in [5.74, 6) is -1.27. The lowest BCUT2D eigenvalue weighted by molar-refractivity contribution is -0.140. The summed E-state index contributed by atoms with van der Waals surface area (Å²) in [6.07, 6.45) is 6.24. The van der Waals surface area contributed by atoms with E-state index in [9.17, 15) is 19.1 Å². The van der Waals surface area contributed by atoms with Crippen LogP contribution >= 0.6 is 11.6 Å². The van der Waals surface area contributed by atoms with Gasteiger partial charge >= 0.3 is 5.97 Å². The maximum atomic E-state index is 13.9. The highest BCUT2D eigenvalue weighted by Gasteiger charge is 2.30. The number of aryl methyl sites for hydroxylation is 2. The van der Waals surface area contributed by atoms with Gasteiger partial charge in [-0.3, -0.25) is 4.79 Å². The molecule has 1 aliphatic carbocycles. The smallest absolute Gasteiger partial charge is 0.326 e. The molecule has 0 spiro atoms. The van der Waals surface area contributed by atoms with Crippen LogP contribution in [0.3, 0.4) is 0 Å². The van der Waals surface area contributed by atoms with Gasteiger partial charge in [-0.15, -0.1) is 0 Å². The summed E-state index contributed by atoms with van der Waals surface area (Å²) >= 11 is 5.89. The lowest BCUT2D eigenvalue weighted by Crippen LogP contribution is -2.42. The molecule has 3 N–H and O–H groups in total. The maximum absolute atomic E-state index is 13.9. The number of fused-ring (bicyclic) bond motifs is 1. The molecule has 7 nitrogen and oxygen atoms in total. The molecule has 1 aliphatic heterocycles. The van der Waals surface area contributed by atoms with E-state index in [1.165, 1.54) is 17.7 Å². The Kier molecular flexibility index (Phi) is 8.00. The van der Waals surface area contributed by atoms with Crippen molar-refractivity contribution in [1.82, 2.24) is 10.3 Å². The van der Waals surface area contributed by atoms with E-state index in [-0.39, 0.29) is 29.7 Å². The van der Waals surface area contributed by atoms with Crippen LogP contribution in [0, 0.1) is 11.7 Å². The Morgan fingerprint density at radius 1 is 1.29 bits per heavy atom. The number of rotatable bonds is 10. The van der Waals surface area contributed by atoms with E-state index >= 15 is 0 Å². The number of aliphatic carboxylic acids is 1. The second-order valence-corrected chi connectivity index (χ2v) is 9.37. The first-order chi connectivity index (χ1) is 16.4. The number of ether oxygens (including phenoxy) is 1. The number of hydrogen-bond donors (Lipinski definition) is 3. The van der Waals surface area contributed by atoms with Crippen LogP contribution in [0.5, 0.6) is 0 Å². The third kappa shape index (κ3) is 6.04. The topological polar surface area (TPSA) is 101 Å². The van der Waals surface area contributed by atoms with Gasteiger partial charge < -0.3 is 20.5 Å². The second kappa shape index (κ2) is 11.1. The molecule has 1 aromatic heterocycles. The number of carbonyl (C=O) groups excluding carboxylic acids is 1. The Morgan fingerprint density at radius 2 is 2.12 bits per heavy atom. The van der Waals surface area contributed by atoms with Crippen LogP contribution in [0.2, 0.25) is 5.02 Å². The molecule has 0 saturated heterocycles. The van der Waals surface area contributed by atoms with Crippen LogP contribution in [0.25, 0.3) is 0 Å². The van der Waals surface area contributed by atoms with Gasteiger partial charge in [-0.2, -0.15) is 0 Å². The summed E-state index contributed by atoms with van der Waals surface area (Å²) in [5.41, 5.74) is 2.04. The van der Waals surface area contributed by atoms with E-state index in [1.807, 2.05) is 0 Å². The average molecular weight is 490 g/mol. The standard InChI is InChI=1S/C25H29ClFN3O4/c26-19-4-1-5-20(27)22(19)24(31)30-21(25(32)33)10-12-34-18-13-15(14-18)6-8-17-9-7-16-3-2-11-28-23(16)29-17/h1,4-5,7,9,15,18,21H,2-3,6,8,10-14H2,(H,28,29)(H,30,31)(H,32,33)/t15?,18?,21-/m0/s1. The normalized spacial score (nSPS) is 19.9. The first kappa shape index (κ1) is 24.4. The highest BCUT2D eigenvalue weighted by Crippen LogP contribution is 2.34. The third-order valence-electron chi connectivity index (χ3n) is 6.51. The number of pyridine rings is 1.